The topological polar surface area (TPSA) is 17.8 Å². The van der Waals surface area contributed by atoms with Crippen LogP contribution < -0.4 is 0 Å². The molecule has 0 aliphatic heterocycles. The number of hydrogen-bond donors (Lipinski definition) is 0. The molecule has 1 aromatic heterocycles. The summed E-state index contributed by atoms with van der Waals surface area (Å²) in [5.41, 5.74) is 2.38. The maximum Gasteiger partial charge on any atom is 0.0596 e. The Bertz CT molecular complexity index is 243. The van der Waals surface area contributed by atoms with Crippen LogP contribution in [0.3, 0.4) is 0 Å². The first-order valence-electron chi connectivity index (χ1n) is 4.31. The van der Waals surface area contributed by atoms with Gasteiger partial charge >= 0.3 is 0 Å². The highest BCUT2D eigenvalue weighted by molar-refractivity contribution is 9.09. The molecule has 2 nitrogen and oxygen atoms in total. The molecule has 0 saturated heterocycles. The average molecular weight is 231 g/mol. The molecule has 0 saturated carbocycles. The molecule has 0 amide bonds. The van der Waals surface area contributed by atoms with E-state index in [-0.39, 0.29) is 0 Å². The molecule has 0 spiro atoms. The quantitative estimate of drug-likeness (QED) is 0.575. The Morgan fingerprint density at radius 1 is 1.42 bits per heavy atom. The van der Waals surface area contributed by atoms with E-state index in [9.17, 15) is 0 Å². The highest BCUT2D eigenvalue weighted by Crippen LogP contribution is 2.04. The minimum Gasteiger partial charge on any atom is -0.270 e. The Morgan fingerprint density at radius 3 is 2.67 bits per heavy atom. The summed E-state index contributed by atoms with van der Waals surface area (Å²) in [6, 6.07) is 2.12. The highest BCUT2D eigenvalue weighted by Gasteiger charge is 1.98. The van der Waals surface area contributed by atoms with Gasteiger partial charge in [-0.25, -0.2) is 0 Å². The second kappa shape index (κ2) is 4.65. The van der Waals surface area contributed by atoms with Crippen molar-refractivity contribution in [3.8, 4) is 0 Å². The third-order valence-electron chi connectivity index (χ3n) is 1.86. The van der Waals surface area contributed by atoms with Crippen molar-refractivity contribution >= 4 is 15.9 Å². The summed E-state index contributed by atoms with van der Waals surface area (Å²) < 4.78 is 2.08. The van der Waals surface area contributed by atoms with Crippen molar-refractivity contribution < 1.29 is 0 Å². The summed E-state index contributed by atoms with van der Waals surface area (Å²) in [6.07, 6.45) is 2.42. The number of rotatable bonds is 4. The molecular formula is C9H15BrN2. The number of alkyl halides is 1. The van der Waals surface area contributed by atoms with Crippen LogP contribution in [0.1, 0.15) is 24.2 Å². The standard InChI is InChI=1S/C9H15BrN2/c1-8-7-9(2)12(11-8)6-4-3-5-10/h7H,3-6H2,1-2H3. The van der Waals surface area contributed by atoms with E-state index in [1.165, 1.54) is 18.5 Å². The Labute approximate surface area is 82.1 Å². The van der Waals surface area contributed by atoms with E-state index in [1.807, 2.05) is 6.92 Å². The lowest BCUT2D eigenvalue weighted by atomic mass is 10.3. The molecule has 12 heavy (non-hydrogen) atoms. The van der Waals surface area contributed by atoms with E-state index in [4.69, 9.17) is 0 Å². The number of hydrogen-bond acceptors (Lipinski definition) is 1. The van der Waals surface area contributed by atoms with E-state index in [0.717, 1.165) is 17.6 Å². The summed E-state index contributed by atoms with van der Waals surface area (Å²) in [7, 11) is 0. The molecule has 1 rings (SSSR count). The van der Waals surface area contributed by atoms with Crippen molar-refractivity contribution in [2.45, 2.75) is 33.2 Å². The van der Waals surface area contributed by atoms with Gasteiger partial charge in [0.1, 0.15) is 0 Å². The van der Waals surface area contributed by atoms with Crippen LogP contribution in [0.5, 0.6) is 0 Å². The molecule has 0 radical (unpaired) electrons. The Morgan fingerprint density at radius 2 is 2.17 bits per heavy atom. The number of aryl methyl sites for hydroxylation is 3. The van der Waals surface area contributed by atoms with Crippen LogP contribution in [-0.4, -0.2) is 15.1 Å². The molecule has 0 fully saturated rings. The fourth-order valence-corrected chi connectivity index (χ4v) is 1.65. The van der Waals surface area contributed by atoms with E-state index in [1.54, 1.807) is 0 Å². The lowest BCUT2D eigenvalue weighted by Crippen LogP contribution is -2.02. The van der Waals surface area contributed by atoms with Crippen LogP contribution in [0.2, 0.25) is 0 Å². The van der Waals surface area contributed by atoms with Crippen LogP contribution in [0.25, 0.3) is 0 Å². The van der Waals surface area contributed by atoms with Crippen molar-refractivity contribution in [1.29, 1.82) is 0 Å². The summed E-state index contributed by atoms with van der Waals surface area (Å²) in [5, 5.41) is 5.47. The Balaban J connectivity index is 2.45. The molecule has 0 bridgehead atoms. The Hall–Kier alpha value is -0.310. The van der Waals surface area contributed by atoms with Crippen LogP contribution in [0.15, 0.2) is 6.07 Å². The fraction of sp³-hybridized carbons (Fsp3) is 0.667. The molecule has 0 aliphatic carbocycles. The van der Waals surface area contributed by atoms with Gasteiger partial charge in [-0.1, -0.05) is 15.9 Å². The SMILES string of the molecule is Cc1cc(C)n(CCCCBr)n1. The van der Waals surface area contributed by atoms with Crippen LogP contribution in [-0.2, 0) is 6.54 Å². The predicted octanol–water partition coefficient (Wildman–Crippen LogP) is 2.68. The first-order valence-corrected chi connectivity index (χ1v) is 5.43. The summed E-state index contributed by atoms with van der Waals surface area (Å²) in [4.78, 5) is 0. The monoisotopic (exact) mass is 230 g/mol. The molecule has 0 aliphatic rings. The smallest absolute Gasteiger partial charge is 0.0596 e. The fourth-order valence-electron chi connectivity index (χ4n) is 1.26. The molecule has 0 aromatic carbocycles. The first kappa shape index (κ1) is 9.78. The van der Waals surface area contributed by atoms with Crippen molar-refractivity contribution in [3.05, 3.63) is 17.5 Å². The van der Waals surface area contributed by atoms with E-state index in [2.05, 4.69) is 38.7 Å². The van der Waals surface area contributed by atoms with Crippen LogP contribution >= 0.6 is 15.9 Å². The van der Waals surface area contributed by atoms with Crippen molar-refractivity contribution in [3.63, 3.8) is 0 Å². The van der Waals surface area contributed by atoms with Gasteiger partial charge in [0.15, 0.2) is 0 Å². The van der Waals surface area contributed by atoms with Gasteiger partial charge in [-0.15, -0.1) is 0 Å². The van der Waals surface area contributed by atoms with Crippen molar-refractivity contribution in [1.82, 2.24) is 9.78 Å². The molecule has 1 heterocycles. The predicted molar refractivity (Wildman–Crippen MR) is 54.7 cm³/mol. The minimum absolute atomic E-state index is 1.05. The summed E-state index contributed by atoms with van der Waals surface area (Å²) in [6.45, 7) is 5.19. The Kier molecular flexibility index (Phi) is 3.79. The zero-order valence-electron chi connectivity index (χ0n) is 7.68. The van der Waals surface area contributed by atoms with Gasteiger partial charge in [0.2, 0.25) is 0 Å². The van der Waals surface area contributed by atoms with Crippen molar-refractivity contribution in [2.24, 2.45) is 0 Å². The van der Waals surface area contributed by atoms with E-state index < -0.39 is 0 Å². The lowest BCUT2D eigenvalue weighted by Gasteiger charge is -2.01. The van der Waals surface area contributed by atoms with Gasteiger partial charge in [-0.05, 0) is 32.8 Å². The molecular weight excluding hydrogens is 216 g/mol. The maximum atomic E-state index is 4.38. The van der Waals surface area contributed by atoms with Crippen molar-refractivity contribution in [2.75, 3.05) is 5.33 Å². The van der Waals surface area contributed by atoms with Crippen LogP contribution in [0.4, 0.5) is 0 Å². The minimum atomic E-state index is 1.05. The number of nitrogens with zero attached hydrogens (tertiary/aromatic N) is 2. The second-order valence-electron chi connectivity index (χ2n) is 3.05. The molecule has 0 unspecified atom stereocenters. The first-order chi connectivity index (χ1) is 5.74. The van der Waals surface area contributed by atoms with Gasteiger partial charge < -0.3 is 0 Å². The van der Waals surface area contributed by atoms with E-state index in [0.29, 0.717) is 0 Å². The highest BCUT2D eigenvalue weighted by atomic mass is 79.9. The van der Waals surface area contributed by atoms with Gasteiger partial charge in [-0.2, -0.15) is 5.10 Å². The van der Waals surface area contributed by atoms with Gasteiger partial charge in [-0.3, -0.25) is 4.68 Å². The van der Waals surface area contributed by atoms with Gasteiger partial charge in [0.25, 0.3) is 0 Å². The maximum absolute atomic E-state index is 4.38. The number of aromatic nitrogens is 2. The van der Waals surface area contributed by atoms with Gasteiger partial charge in [0.05, 0.1) is 5.69 Å². The third-order valence-corrected chi connectivity index (χ3v) is 2.42. The number of halogens is 1. The summed E-state index contributed by atoms with van der Waals surface area (Å²) in [5.74, 6) is 0. The lowest BCUT2D eigenvalue weighted by molar-refractivity contribution is 0.558. The molecule has 0 N–H and O–H groups in total. The largest absolute Gasteiger partial charge is 0.270 e. The zero-order chi connectivity index (χ0) is 8.97. The number of unbranched alkanes of at least 4 members (excludes halogenated alkanes) is 1. The second-order valence-corrected chi connectivity index (χ2v) is 3.84. The van der Waals surface area contributed by atoms with Gasteiger partial charge in [0, 0.05) is 17.6 Å². The average Bonchev–Trinajstić information content (AvgIpc) is 2.31. The summed E-state index contributed by atoms with van der Waals surface area (Å²) >= 11 is 3.42. The normalized spacial score (nSPS) is 10.6. The third kappa shape index (κ3) is 2.63. The molecule has 3 heteroatoms. The van der Waals surface area contributed by atoms with E-state index >= 15 is 0 Å². The zero-order valence-corrected chi connectivity index (χ0v) is 9.26. The molecule has 68 valence electrons. The molecule has 1 aromatic rings. The van der Waals surface area contributed by atoms with Crippen LogP contribution in [0, 0.1) is 13.8 Å². The molecule has 0 atom stereocenters.